The SMILES string of the molecule is COC(=O)C1CCN(C(=O)c2ccc(OC)c(O)c2)CC1. The summed E-state index contributed by atoms with van der Waals surface area (Å²) < 4.78 is 9.67. The third-order valence-corrected chi connectivity index (χ3v) is 3.74. The number of nitrogens with zero attached hydrogens (tertiary/aromatic N) is 1. The number of aromatic hydroxyl groups is 1. The number of amides is 1. The highest BCUT2D eigenvalue weighted by atomic mass is 16.5. The molecule has 2 rings (SSSR count). The molecule has 0 aliphatic carbocycles. The number of phenols is 1. The van der Waals surface area contributed by atoms with Crippen LogP contribution in [0.2, 0.25) is 0 Å². The van der Waals surface area contributed by atoms with Crippen molar-refractivity contribution in [2.24, 2.45) is 5.92 Å². The van der Waals surface area contributed by atoms with Crippen LogP contribution in [0.4, 0.5) is 0 Å². The van der Waals surface area contributed by atoms with Crippen LogP contribution in [0.5, 0.6) is 11.5 Å². The van der Waals surface area contributed by atoms with E-state index in [1.54, 1.807) is 17.0 Å². The highest BCUT2D eigenvalue weighted by molar-refractivity contribution is 5.95. The molecule has 1 aromatic rings. The van der Waals surface area contributed by atoms with Crippen molar-refractivity contribution in [3.8, 4) is 11.5 Å². The highest BCUT2D eigenvalue weighted by Crippen LogP contribution is 2.27. The van der Waals surface area contributed by atoms with Crippen LogP contribution in [-0.4, -0.2) is 49.2 Å². The lowest BCUT2D eigenvalue weighted by molar-refractivity contribution is -0.146. The maximum Gasteiger partial charge on any atom is 0.308 e. The van der Waals surface area contributed by atoms with Gasteiger partial charge in [-0.2, -0.15) is 0 Å². The Labute approximate surface area is 123 Å². The normalized spacial score (nSPS) is 15.6. The van der Waals surface area contributed by atoms with Crippen LogP contribution < -0.4 is 4.74 Å². The number of carbonyl (C=O) groups excluding carboxylic acids is 2. The summed E-state index contributed by atoms with van der Waals surface area (Å²) in [6, 6.07) is 4.57. The van der Waals surface area contributed by atoms with E-state index in [-0.39, 0.29) is 23.5 Å². The molecule has 1 aliphatic heterocycles. The van der Waals surface area contributed by atoms with Gasteiger partial charge >= 0.3 is 5.97 Å². The summed E-state index contributed by atoms with van der Waals surface area (Å²) in [7, 11) is 2.83. The van der Waals surface area contributed by atoms with Gasteiger partial charge in [-0.1, -0.05) is 0 Å². The molecule has 1 fully saturated rings. The maximum atomic E-state index is 12.4. The number of esters is 1. The molecule has 1 aliphatic rings. The van der Waals surface area contributed by atoms with Crippen molar-refractivity contribution in [2.45, 2.75) is 12.8 Å². The van der Waals surface area contributed by atoms with Crippen LogP contribution in [0, 0.1) is 5.92 Å². The summed E-state index contributed by atoms with van der Waals surface area (Å²) in [5.41, 5.74) is 0.407. The van der Waals surface area contributed by atoms with Crippen molar-refractivity contribution in [3.63, 3.8) is 0 Å². The molecule has 0 saturated carbocycles. The predicted molar refractivity (Wildman–Crippen MR) is 75.3 cm³/mol. The lowest BCUT2D eigenvalue weighted by Gasteiger charge is -2.30. The molecule has 0 bridgehead atoms. The Hall–Kier alpha value is -2.24. The monoisotopic (exact) mass is 293 g/mol. The average Bonchev–Trinajstić information content (AvgIpc) is 2.53. The van der Waals surface area contributed by atoms with Crippen molar-refractivity contribution in [1.82, 2.24) is 4.90 Å². The zero-order valence-corrected chi connectivity index (χ0v) is 12.2. The standard InChI is InChI=1S/C15H19NO5/c1-20-13-4-3-11(9-12(13)17)14(18)16-7-5-10(6-8-16)15(19)21-2/h3-4,9-10,17H,5-8H2,1-2H3. The fourth-order valence-corrected chi connectivity index (χ4v) is 2.49. The summed E-state index contributed by atoms with van der Waals surface area (Å²) in [6.07, 6.45) is 1.20. The fourth-order valence-electron chi connectivity index (χ4n) is 2.49. The van der Waals surface area contributed by atoms with Gasteiger partial charge in [0.15, 0.2) is 11.5 Å². The van der Waals surface area contributed by atoms with Crippen LogP contribution >= 0.6 is 0 Å². The Kier molecular flexibility index (Phi) is 4.67. The van der Waals surface area contributed by atoms with E-state index >= 15 is 0 Å². The van der Waals surface area contributed by atoms with Crippen LogP contribution in [0.3, 0.4) is 0 Å². The number of rotatable bonds is 3. The van der Waals surface area contributed by atoms with E-state index in [2.05, 4.69) is 0 Å². The van der Waals surface area contributed by atoms with Crippen LogP contribution in [0.25, 0.3) is 0 Å². The van der Waals surface area contributed by atoms with Crippen LogP contribution in [-0.2, 0) is 9.53 Å². The van der Waals surface area contributed by atoms with E-state index in [1.165, 1.54) is 20.3 Å². The molecule has 21 heavy (non-hydrogen) atoms. The van der Waals surface area contributed by atoms with Gasteiger partial charge in [0.05, 0.1) is 20.1 Å². The molecule has 6 nitrogen and oxygen atoms in total. The van der Waals surface area contributed by atoms with E-state index in [4.69, 9.17) is 9.47 Å². The first-order valence-electron chi connectivity index (χ1n) is 6.81. The van der Waals surface area contributed by atoms with Gasteiger partial charge in [0, 0.05) is 18.7 Å². The second-order valence-corrected chi connectivity index (χ2v) is 4.98. The van der Waals surface area contributed by atoms with Crippen molar-refractivity contribution < 1.29 is 24.2 Å². The van der Waals surface area contributed by atoms with Crippen molar-refractivity contribution in [3.05, 3.63) is 23.8 Å². The van der Waals surface area contributed by atoms with Gasteiger partial charge in [-0.05, 0) is 31.0 Å². The van der Waals surface area contributed by atoms with Crippen molar-refractivity contribution in [2.75, 3.05) is 27.3 Å². The number of likely N-dealkylation sites (tertiary alicyclic amines) is 1. The van der Waals surface area contributed by atoms with Crippen LogP contribution in [0.15, 0.2) is 18.2 Å². The fraction of sp³-hybridized carbons (Fsp3) is 0.467. The molecule has 0 spiro atoms. The first kappa shape index (κ1) is 15.2. The molecule has 1 saturated heterocycles. The zero-order valence-electron chi connectivity index (χ0n) is 12.2. The molecule has 1 amide bonds. The molecule has 0 atom stereocenters. The summed E-state index contributed by atoms with van der Waals surface area (Å²) in [5.74, 6) is -0.243. The lowest BCUT2D eigenvalue weighted by Crippen LogP contribution is -2.40. The Morgan fingerprint density at radius 2 is 1.90 bits per heavy atom. The number of hydrogen-bond acceptors (Lipinski definition) is 5. The number of hydrogen-bond donors (Lipinski definition) is 1. The third-order valence-electron chi connectivity index (χ3n) is 3.74. The Bertz CT molecular complexity index is 535. The molecular weight excluding hydrogens is 274 g/mol. The van der Waals surface area contributed by atoms with Gasteiger partial charge in [-0.3, -0.25) is 9.59 Å². The molecule has 0 radical (unpaired) electrons. The minimum atomic E-state index is -0.218. The number of ether oxygens (including phenoxy) is 2. The van der Waals surface area contributed by atoms with Gasteiger partial charge in [0.25, 0.3) is 5.91 Å². The Balaban J connectivity index is 2.02. The molecular formula is C15H19NO5. The Morgan fingerprint density at radius 1 is 1.24 bits per heavy atom. The largest absolute Gasteiger partial charge is 0.504 e. The first-order chi connectivity index (χ1) is 10.1. The minimum absolute atomic E-state index is 0.0622. The lowest BCUT2D eigenvalue weighted by atomic mass is 9.96. The molecule has 1 aromatic carbocycles. The minimum Gasteiger partial charge on any atom is -0.504 e. The van der Waals surface area contributed by atoms with E-state index in [0.29, 0.717) is 37.2 Å². The van der Waals surface area contributed by atoms with Gasteiger partial charge < -0.3 is 19.5 Å². The number of benzene rings is 1. The molecule has 1 heterocycles. The molecule has 0 unspecified atom stereocenters. The number of methoxy groups -OCH3 is 2. The Morgan fingerprint density at radius 3 is 2.43 bits per heavy atom. The summed E-state index contributed by atoms with van der Waals surface area (Å²) in [5, 5.41) is 9.73. The summed E-state index contributed by atoms with van der Waals surface area (Å²) in [6.45, 7) is 1.01. The summed E-state index contributed by atoms with van der Waals surface area (Å²) >= 11 is 0. The maximum absolute atomic E-state index is 12.4. The molecule has 1 N–H and O–H groups in total. The van der Waals surface area contributed by atoms with E-state index < -0.39 is 0 Å². The second kappa shape index (κ2) is 6.47. The summed E-state index contributed by atoms with van der Waals surface area (Å²) in [4.78, 5) is 25.5. The molecule has 0 aromatic heterocycles. The number of phenolic OH excluding ortho intramolecular Hbond substituents is 1. The molecule has 114 valence electrons. The predicted octanol–water partition coefficient (Wildman–Crippen LogP) is 1.43. The van der Waals surface area contributed by atoms with Crippen LogP contribution in [0.1, 0.15) is 23.2 Å². The van der Waals surface area contributed by atoms with Gasteiger partial charge in [-0.15, -0.1) is 0 Å². The quantitative estimate of drug-likeness (QED) is 0.853. The smallest absolute Gasteiger partial charge is 0.308 e. The van der Waals surface area contributed by atoms with E-state index in [1.807, 2.05) is 0 Å². The third kappa shape index (κ3) is 3.26. The highest BCUT2D eigenvalue weighted by Gasteiger charge is 2.28. The van der Waals surface area contributed by atoms with Crippen molar-refractivity contribution in [1.29, 1.82) is 0 Å². The second-order valence-electron chi connectivity index (χ2n) is 4.98. The topological polar surface area (TPSA) is 76.1 Å². The van der Waals surface area contributed by atoms with E-state index in [0.717, 1.165) is 0 Å². The number of piperidine rings is 1. The first-order valence-corrected chi connectivity index (χ1v) is 6.81. The van der Waals surface area contributed by atoms with Gasteiger partial charge in [-0.25, -0.2) is 0 Å². The zero-order chi connectivity index (χ0) is 15.4. The number of carbonyl (C=O) groups is 2. The average molecular weight is 293 g/mol. The van der Waals surface area contributed by atoms with E-state index in [9.17, 15) is 14.7 Å². The van der Waals surface area contributed by atoms with Gasteiger partial charge in [0.1, 0.15) is 0 Å². The van der Waals surface area contributed by atoms with Crippen molar-refractivity contribution >= 4 is 11.9 Å². The molecule has 6 heteroatoms. The van der Waals surface area contributed by atoms with Gasteiger partial charge in [0.2, 0.25) is 0 Å².